The summed E-state index contributed by atoms with van der Waals surface area (Å²) in [6, 6.07) is 16.2. The van der Waals surface area contributed by atoms with Gasteiger partial charge in [-0.05, 0) is 36.4 Å². The number of pyridine rings is 1. The number of hydrogen-bond donors (Lipinski definition) is 1. The third-order valence-corrected chi connectivity index (χ3v) is 4.79. The highest BCUT2D eigenvalue weighted by Gasteiger charge is 2.31. The van der Waals surface area contributed by atoms with Crippen molar-refractivity contribution in [1.82, 2.24) is 4.98 Å². The second kappa shape index (κ2) is 8.92. The molecule has 2 unspecified atom stereocenters. The van der Waals surface area contributed by atoms with Crippen molar-refractivity contribution in [2.45, 2.75) is 18.8 Å². The summed E-state index contributed by atoms with van der Waals surface area (Å²) in [4.78, 5) is 4.27. The number of aliphatic hydroxyl groups is 1. The Morgan fingerprint density at radius 3 is 2.60 bits per heavy atom. The lowest BCUT2D eigenvalue weighted by molar-refractivity contribution is -0.0105. The van der Waals surface area contributed by atoms with Crippen molar-refractivity contribution in [2.75, 3.05) is 20.8 Å². The van der Waals surface area contributed by atoms with Gasteiger partial charge in [0.25, 0.3) is 0 Å². The molecule has 7 nitrogen and oxygen atoms in total. The van der Waals surface area contributed by atoms with Crippen LogP contribution in [-0.4, -0.2) is 37.0 Å². The van der Waals surface area contributed by atoms with E-state index in [0.717, 1.165) is 11.4 Å². The average Bonchev–Trinajstić information content (AvgIpc) is 2.80. The van der Waals surface area contributed by atoms with Crippen LogP contribution in [0.15, 0.2) is 60.8 Å². The zero-order valence-corrected chi connectivity index (χ0v) is 16.8. The van der Waals surface area contributed by atoms with Crippen molar-refractivity contribution < 1.29 is 28.8 Å². The molecule has 2 heterocycles. The number of ether oxygens (including phenoxy) is 5. The van der Waals surface area contributed by atoms with Gasteiger partial charge in [0.05, 0.1) is 19.9 Å². The lowest BCUT2D eigenvalue weighted by atomic mass is 10.0. The maximum absolute atomic E-state index is 10.9. The molecule has 156 valence electrons. The molecule has 2 atom stereocenters. The fourth-order valence-electron chi connectivity index (χ4n) is 3.21. The number of aliphatic hydroxyl groups excluding tert-OH is 1. The zero-order valence-electron chi connectivity index (χ0n) is 16.8. The third kappa shape index (κ3) is 4.41. The van der Waals surface area contributed by atoms with E-state index in [9.17, 15) is 5.11 Å². The van der Waals surface area contributed by atoms with Gasteiger partial charge in [-0.15, -0.1) is 0 Å². The fourth-order valence-corrected chi connectivity index (χ4v) is 3.21. The quantitative estimate of drug-likeness (QED) is 0.639. The standard InChI is InChI=1S/C23H23NO6/c1-26-16-4-3-5-19(11-16)30-22-14-29-21-7-6-18(12-20(21)23(22)25)28-13-15-10-17(27-2)8-9-24-15/h3-12,22-23,25H,13-14H2,1-2H3. The Morgan fingerprint density at radius 1 is 0.967 bits per heavy atom. The van der Waals surface area contributed by atoms with Crippen molar-refractivity contribution in [2.24, 2.45) is 0 Å². The van der Waals surface area contributed by atoms with E-state index in [0.29, 0.717) is 28.6 Å². The van der Waals surface area contributed by atoms with Gasteiger partial charge >= 0.3 is 0 Å². The van der Waals surface area contributed by atoms with Crippen LogP contribution in [0.4, 0.5) is 0 Å². The Labute approximate surface area is 174 Å². The number of aromatic nitrogens is 1. The van der Waals surface area contributed by atoms with Crippen LogP contribution in [0.3, 0.4) is 0 Å². The molecule has 1 aliphatic rings. The number of methoxy groups -OCH3 is 2. The van der Waals surface area contributed by atoms with Crippen LogP contribution in [0.2, 0.25) is 0 Å². The van der Waals surface area contributed by atoms with Crippen LogP contribution in [0, 0.1) is 0 Å². The molecule has 1 aromatic heterocycles. The minimum atomic E-state index is -0.863. The molecule has 2 aromatic carbocycles. The molecule has 4 rings (SSSR count). The van der Waals surface area contributed by atoms with Crippen molar-refractivity contribution in [3.8, 4) is 28.7 Å². The molecule has 1 N–H and O–H groups in total. The molecule has 3 aromatic rings. The second-order valence-corrected chi connectivity index (χ2v) is 6.77. The van der Waals surface area contributed by atoms with Crippen molar-refractivity contribution in [1.29, 1.82) is 0 Å². The first-order chi connectivity index (χ1) is 14.7. The Balaban J connectivity index is 1.46. The fraction of sp³-hybridized carbons (Fsp3) is 0.261. The molecule has 0 aliphatic carbocycles. The van der Waals surface area contributed by atoms with Gasteiger partial charge in [-0.1, -0.05) is 6.07 Å². The molecule has 1 aliphatic heterocycles. The number of hydrogen-bond acceptors (Lipinski definition) is 7. The van der Waals surface area contributed by atoms with Gasteiger partial charge in [0.1, 0.15) is 48.1 Å². The minimum absolute atomic E-state index is 0.235. The highest BCUT2D eigenvalue weighted by molar-refractivity contribution is 5.44. The summed E-state index contributed by atoms with van der Waals surface area (Å²) in [6.07, 6.45) is 0.251. The van der Waals surface area contributed by atoms with E-state index < -0.39 is 12.2 Å². The number of benzene rings is 2. The van der Waals surface area contributed by atoms with Crippen LogP contribution >= 0.6 is 0 Å². The van der Waals surface area contributed by atoms with Gasteiger partial charge in [-0.2, -0.15) is 0 Å². The molecule has 0 fully saturated rings. The van der Waals surface area contributed by atoms with Gasteiger partial charge in [0.2, 0.25) is 0 Å². The van der Waals surface area contributed by atoms with E-state index >= 15 is 0 Å². The molecule has 0 spiro atoms. The summed E-state index contributed by atoms with van der Waals surface area (Å²) in [7, 11) is 3.20. The summed E-state index contributed by atoms with van der Waals surface area (Å²) in [5.74, 6) is 3.21. The van der Waals surface area contributed by atoms with Crippen molar-refractivity contribution in [3.63, 3.8) is 0 Å². The molecular weight excluding hydrogens is 386 g/mol. The Hall–Kier alpha value is -3.45. The van der Waals surface area contributed by atoms with Gasteiger partial charge < -0.3 is 28.8 Å². The predicted octanol–water partition coefficient (Wildman–Crippen LogP) is 3.55. The minimum Gasteiger partial charge on any atom is -0.497 e. The number of rotatable bonds is 7. The Bertz CT molecular complexity index is 1010. The van der Waals surface area contributed by atoms with E-state index in [2.05, 4.69) is 4.98 Å². The molecule has 0 saturated heterocycles. The van der Waals surface area contributed by atoms with Crippen LogP contribution in [-0.2, 0) is 6.61 Å². The van der Waals surface area contributed by atoms with Crippen molar-refractivity contribution >= 4 is 0 Å². The van der Waals surface area contributed by atoms with Gasteiger partial charge in [-0.25, -0.2) is 0 Å². The van der Waals surface area contributed by atoms with Gasteiger partial charge in [-0.3, -0.25) is 4.98 Å². The maximum atomic E-state index is 10.9. The first-order valence-corrected chi connectivity index (χ1v) is 9.53. The number of fused-ring (bicyclic) bond motifs is 1. The Kier molecular flexibility index (Phi) is 5.90. The molecule has 0 saturated carbocycles. The smallest absolute Gasteiger partial charge is 0.163 e. The lowest BCUT2D eigenvalue weighted by Crippen LogP contribution is -2.35. The monoisotopic (exact) mass is 409 g/mol. The summed E-state index contributed by atoms with van der Waals surface area (Å²) in [5, 5.41) is 10.9. The maximum Gasteiger partial charge on any atom is 0.163 e. The predicted molar refractivity (Wildman–Crippen MR) is 109 cm³/mol. The first-order valence-electron chi connectivity index (χ1n) is 9.53. The van der Waals surface area contributed by atoms with E-state index in [1.165, 1.54) is 0 Å². The summed E-state index contributed by atoms with van der Waals surface area (Å²) >= 11 is 0. The Morgan fingerprint density at radius 2 is 1.77 bits per heavy atom. The van der Waals surface area contributed by atoms with E-state index in [1.807, 2.05) is 24.3 Å². The SMILES string of the molecule is COc1cccc(OC2COc3ccc(OCc4cc(OC)ccn4)cc3C2O)c1. The second-order valence-electron chi connectivity index (χ2n) is 6.77. The highest BCUT2D eigenvalue weighted by Crippen LogP contribution is 2.37. The lowest BCUT2D eigenvalue weighted by Gasteiger charge is -2.31. The summed E-state index contributed by atoms with van der Waals surface area (Å²) < 4.78 is 28.0. The van der Waals surface area contributed by atoms with Crippen LogP contribution in [0.5, 0.6) is 28.7 Å². The van der Waals surface area contributed by atoms with Crippen LogP contribution in [0.1, 0.15) is 17.4 Å². The van der Waals surface area contributed by atoms with E-state index in [4.69, 9.17) is 23.7 Å². The van der Waals surface area contributed by atoms with E-state index in [-0.39, 0.29) is 13.2 Å². The number of nitrogens with zero attached hydrogens (tertiary/aromatic N) is 1. The molecule has 7 heteroatoms. The summed E-state index contributed by atoms with van der Waals surface area (Å²) in [6.45, 7) is 0.510. The first kappa shape index (κ1) is 19.8. The molecule has 0 radical (unpaired) electrons. The molecule has 0 amide bonds. The van der Waals surface area contributed by atoms with Crippen LogP contribution < -0.4 is 23.7 Å². The molecule has 0 bridgehead atoms. The zero-order chi connectivity index (χ0) is 20.9. The largest absolute Gasteiger partial charge is 0.497 e. The van der Waals surface area contributed by atoms with Crippen molar-refractivity contribution in [3.05, 3.63) is 72.1 Å². The third-order valence-electron chi connectivity index (χ3n) is 4.79. The van der Waals surface area contributed by atoms with Crippen LogP contribution in [0.25, 0.3) is 0 Å². The average molecular weight is 409 g/mol. The topological polar surface area (TPSA) is 79.3 Å². The van der Waals surface area contributed by atoms with E-state index in [1.54, 1.807) is 50.7 Å². The molecule has 30 heavy (non-hydrogen) atoms. The molecular formula is C23H23NO6. The highest BCUT2D eigenvalue weighted by atomic mass is 16.5. The van der Waals surface area contributed by atoms with Gasteiger partial charge in [0.15, 0.2) is 6.10 Å². The van der Waals surface area contributed by atoms with Gasteiger partial charge in [0, 0.05) is 23.9 Å². The normalized spacial score (nSPS) is 17.4. The summed E-state index contributed by atoms with van der Waals surface area (Å²) in [5.41, 5.74) is 1.35.